The zero-order valence-electron chi connectivity index (χ0n) is 24.4. The van der Waals surface area contributed by atoms with Crippen molar-refractivity contribution >= 4 is 46.5 Å². The molecule has 3 amide bonds. The number of para-hydroxylation sites is 1. The van der Waals surface area contributed by atoms with Crippen molar-refractivity contribution in [3.05, 3.63) is 54.2 Å². The number of aromatic nitrogens is 3. The minimum absolute atomic E-state index is 0.0537. The number of nitrogens with zero attached hydrogens (tertiary/aromatic N) is 2. The fraction of sp³-hybridized carbons (Fsp3) is 0.393. The highest BCUT2D eigenvalue weighted by molar-refractivity contribution is 5.95. The Kier molecular flexibility index (Phi) is 12.4. The van der Waals surface area contributed by atoms with Crippen molar-refractivity contribution in [2.75, 3.05) is 6.54 Å². The van der Waals surface area contributed by atoms with Crippen LogP contribution in [0.3, 0.4) is 0 Å². The number of carboxylic acid groups (broad SMARTS) is 2. The summed E-state index contributed by atoms with van der Waals surface area (Å²) in [6.45, 7) is 0.231. The Bertz CT molecular complexity index is 1500. The molecule has 2 aromatic heterocycles. The lowest BCUT2D eigenvalue weighted by atomic mass is 10.0. The predicted molar refractivity (Wildman–Crippen MR) is 162 cm³/mol. The number of aromatic amines is 2. The number of H-pyrrole nitrogens is 2. The van der Waals surface area contributed by atoms with Crippen molar-refractivity contribution < 1.29 is 34.2 Å². The second-order valence-corrected chi connectivity index (χ2v) is 10.4. The number of imidazole rings is 1. The van der Waals surface area contributed by atoms with Crippen LogP contribution >= 0.6 is 0 Å². The summed E-state index contributed by atoms with van der Waals surface area (Å²) < 4.78 is 0. The molecule has 1 aromatic carbocycles. The molecular formula is C28H38N10O7. The van der Waals surface area contributed by atoms with E-state index in [4.69, 9.17) is 17.2 Å². The van der Waals surface area contributed by atoms with E-state index in [-0.39, 0.29) is 38.2 Å². The number of carbonyl (C=O) groups excluding carboxylic acids is 3. The Hall–Kier alpha value is -5.45. The van der Waals surface area contributed by atoms with E-state index in [2.05, 4.69) is 35.9 Å². The number of rotatable bonds is 18. The molecule has 0 radical (unpaired) electrons. The molecule has 2 heterocycles. The molecule has 0 saturated carbocycles. The third-order valence-electron chi connectivity index (χ3n) is 6.91. The Balaban J connectivity index is 1.81. The molecule has 0 fully saturated rings. The highest BCUT2D eigenvalue weighted by Crippen LogP contribution is 2.19. The standard InChI is InChI=1S/C28H38N10O7/c29-18(5-3-9-33-28(30)31)24(41)36-20(7-8-23(39)40)25(42)37-21(10-15-12-34-19-6-2-1-4-17(15)19)26(43)38-22(27(44)45)11-16-13-32-14-35-16/h1-2,4,6,12-14,18,20-22,34H,3,5,7-11,29H2,(H,32,35)(H,36,41)(H,37,42)(H,38,43)(H,39,40)(H,44,45)(H4,30,31,33). The molecule has 17 nitrogen and oxygen atoms in total. The van der Waals surface area contributed by atoms with Gasteiger partial charge in [-0.15, -0.1) is 0 Å². The van der Waals surface area contributed by atoms with Crippen LogP contribution in [0.15, 0.2) is 48.0 Å². The summed E-state index contributed by atoms with van der Waals surface area (Å²) >= 11 is 0. The molecule has 242 valence electrons. The summed E-state index contributed by atoms with van der Waals surface area (Å²) in [5.41, 5.74) is 18.4. The Labute approximate surface area is 257 Å². The molecule has 45 heavy (non-hydrogen) atoms. The van der Waals surface area contributed by atoms with Gasteiger partial charge in [-0.25, -0.2) is 9.78 Å². The third kappa shape index (κ3) is 10.6. The van der Waals surface area contributed by atoms with Gasteiger partial charge in [-0.2, -0.15) is 0 Å². The first-order valence-electron chi connectivity index (χ1n) is 14.1. The molecule has 17 heteroatoms. The predicted octanol–water partition coefficient (Wildman–Crippen LogP) is -1.54. The average Bonchev–Trinajstić information content (AvgIpc) is 3.66. The molecule has 0 aliphatic rings. The van der Waals surface area contributed by atoms with Gasteiger partial charge in [0.1, 0.15) is 18.1 Å². The Morgan fingerprint density at radius 1 is 0.889 bits per heavy atom. The second-order valence-electron chi connectivity index (χ2n) is 10.4. The van der Waals surface area contributed by atoms with Gasteiger partial charge in [0.15, 0.2) is 5.96 Å². The quantitative estimate of drug-likeness (QED) is 0.0438. The first kappa shape index (κ1) is 34.0. The van der Waals surface area contributed by atoms with Gasteiger partial charge in [0, 0.05) is 54.8 Å². The Morgan fingerprint density at radius 3 is 2.24 bits per heavy atom. The number of amides is 3. The maximum atomic E-state index is 13.5. The van der Waals surface area contributed by atoms with Crippen LogP contribution in [0.4, 0.5) is 0 Å². The molecule has 0 saturated heterocycles. The fourth-order valence-corrected chi connectivity index (χ4v) is 4.56. The monoisotopic (exact) mass is 626 g/mol. The number of carboxylic acids is 2. The largest absolute Gasteiger partial charge is 0.481 e. The van der Waals surface area contributed by atoms with Gasteiger partial charge in [-0.05, 0) is 30.9 Å². The number of aliphatic imine (C=N–C) groups is 1. The molecule has 0 spiro atoms. The molecule has 4 unspecified atom stereocenters. The van der Waals surface area contributed by atoms with Gasteiger partial charge in [-0.3, -0.25) is 24.2 Å². The number of aliphatic carboxylic acids is 2. The van der Waals surface area contributed by atoms with E-state index >= 15 is 0 Å². The van der Waals surface area contributed by atoms with E-state index in [0.717, 1.165) is 10.9 Å². The molecule has 3 rings (SSSR count). The third-order valence-corrected chi connectivity index (χ3v) is 6.91. The van der Waals surface area contributed by atoms with Crippen LogP contribution in [-0.4, -0.2) is 91.5 Å². The van der Waals surface area contributed by atoms with Gasteiger partial charge >= 0.3 is 11.9 Å². The summed E-state index contributed by atoms with van der Waals surface area (Å²) in [5.74, 6) is -5.00. The van der Waals surface area contributed by atoms with Crippen LogP contribution in [0.25, 0.3) is 10.9 Å². The van der Waals surface area contributed by atoms with Gasteiger partial charge in [0.05, 0.1) is 12.4 Å². The highest BCUT2D eigenvalue weighted by Gasteiger charge is 2.31. The summed E-state index contributed by atoms with van der Waals surface area (Å²) in [7, 11) is 0. The van der Waals surface area contributed by atoms with E-state index < -0.39 is 60.2 Å². The number of benzene rings is 1. The van der Waals surface area contributed by atoms with Crippen LogP contribution in [0.1, 0.15) is 36.9 Å². The van der Waals surface area contributed by atoms with Crippen LogP contribution in [0.2, 0.25) is 0 Å². The number of guanidine groups is 1. The van der Waals surface area contributed by atoms with Crippen molar-refractivity contribution in [1.29, 1.82) is 0 Å². The Morgan fingerprint density at radius 2 is 1.58 bits per heavy atom. The smallest absolute Gasteiger partial charge is 0.326 e. The van der Waals surface area contributed by atoms with Gasteiger partial charge < -0.3 is 53.3 Å². The van der Waals surface area contributed by atoms with Crippen molar-refractivity contribution in [3.8, 4) is 0 Å². The van der Waals surface area contributed by atoms with E-state index in [1.807, 2.05) is 18.2 Å². The van der Waals surface area contributed by atoms with Crippen molar-refractivity contribution in [3.63, 3.8) is 0 Å². The van der Waals surface area contributed by atoms with E-state index in [1.165, 1.54) is 12.5 Å². The topological polar surface area (TPSA) is 297 Å². The molecule has 3 aromatic rings. The fourth-order valence-electron chi connectivity index (χ4n) is 4.56. The maximum Gasteiger partial charge on any atom is 0.326 e. The van der Waals surface area contributed by atoms with Gasteiger partial charge in [-0.1, -0.05) is 18.2 Å². The summed E-state index contributed by atoms with van der Waals surface area (Å²) in [6, 6.07) is 2.19. The van der Waals surface area contributed by atoms with E-state index in [0.29, 0.717) is 17.7 Å². The van der Waals surface area contributed by atoms with Crippen molar-refractivity contribution in [2.24, 2.45) is 22.2 Å². The molecule has 4 atom stereocenters. The van der Waals surface area contributed by atoms with Crippen molar-refractivity contribution in [2.45, 2.75) is 62.7 Å². The lowest BCUT2D eigenvalue weighted by molar-refractivity contribution is -0.142. The molecule has 0 bridgehead atoms. The number of nitrogens with two attached hydrogens (primary N) is 3. The number of hydrogen-bond donors (Lipinski definition) is 10. The lowest BCUT2D eigenvalue weighted by Crippen LogP contribution is -2.58. The molecule has 0 aliphatic carbocycles. The lowest BCUT2D eigenvalue weighted by Gasteiger charge is -2.25. The number of nitrogens with one attached hydrogen (secondary N) is 5. The van der Waals surface area contributed by atoms with Crippen LogP contribution in [0.5, 0.6) is 0 Å². The van der Waals surface area contributed by atoms with Crippen molar-refractivity contribution in [1.82, 2.24) is 30.9 Å². The maximum absolute atomic E-state index is 13.5. The van der Waals surface area contributed by atoms with Gasteiger partial charge in [0.25, 0.3) is 0 Å². The van der Waals surface area contributed by atoms with Crippen LogP contribution < -0.4 is 33.2 Å². The highest BCUT2D eigenvalue weighted by atomic mass is 16.4. The summed E-state index contributed by atoms with van der Waals surface area (Å²) in [4.78, 5) is 76.7. The molecule has 0 aliphatic heterocycles. The number of carbonyl (C=O) groups is 5. The van der Waals surface area contributed by atoms with Gasteiger partial charge in [0.2, 0.25) is 17.7 Å². The first-order chi connectivity index (χ1) is 21.4. The average molecular weight is 627 g/mol. The molecular weight excluding hydrogens is 588 g/mol. The summed E-state index contributed by atoms with van der Waals surface area (Å²) in [5, 5.41) is 27.3. The molecule has 13 N–H and O–H groups in total. The van der Waals surface area contributed by atoms with Crippen LogP contribution in [-0.2, 0) is 36.8 Å². The number of fused-ring (bicyclic) bond motifs is 1. The zero-order chi connectivity index (χ0) is 32.9. The van der Waals surface area contributed by atoms with Crippen LogP contribution in [0, 0.1) is 0 Å². The number of hydrogen-bond acceptors (Lipinski definition) is 8. The van der Waals surface area contributed by atoms with E-state index in [1.54, 1.807) is 12.3 Å². The normalized spacial score (nSPS) is 13.6. The second kappa shape index (κ2) is 16.4. The zero-order valence-corrected chi connectivity index (χ0v) is 24.4. The minimum atomic E-state index is -1.36. The summed E-state index contributed by atoms with van der Waals surface area (Å²) in [6.07, 6.45) is 4.08. The SMILES string of the molecule is NC(N)=NCCCC(N)C(=O)NC(CCC(=O)O)C(=O)NC(Cc1c[nH]c2ccccc12)C(=O)NC(Cc1cnc[nH]1)C(=O)O. The first-order valence-corrected chi connectivity index (χ1v) is 14.1. The minimum Gasteiger partial charge on any atom is -0.481 e. The van der Waals surface area contributed by atoms with E-state index in [9.17, 15) is 34.2 Å².